The zero-order valence-electron chi connectivity index (χ0n) is 10.1. The number of benzene rings is 1. The van der Waals surface area contributed by atoms with Crippen LogP contribution in [0.3, 0.4) is 0 Å². The second-order valence-electron chi connectivity index (χ2n) is 4.66. The molecule has 0 aliphatic rings. The van der Waals surface area contributed by atoms with E-state index >= 15 is 0 Å². The minimum Gasteiger partial charge on any atom is -0.320 e. The van der Waals surface area contributed by atoms with Gasteiger partial charge in [0.2, 0.25) is 0 Å². The summed E-state index contributed by atoms with van der Waals surface area (Å²) in [6.45, 7) is 5.99. The summed E-state index contributed by atoms with van der Waals surface area (Å²) in [5, 5.41) is 1.67. The first-order valence-corrected chi connectivity index (χ1v) is 6.60. The molecule has 0 fully saturated rings. The van der Waals surface area contributed by atoms with Gasteiger partial charge in [0, 0.05) is 15.5 Å². The second-order valence-corrected chi connectivity index (χ2v) is 6.30. The van der Waals surface area contributed by atoms with Gasteiger partial charge in [0.25, 0.3) is 0 Å². The fourth-order valence-electron chi connectivity index (χ4n) is 1.58. The average Bonchev–Trinajstić information content (AvgIpc) is 2.60. The third-order valence-corrected chi connectivity index (χ3v) is 3.99. The number of nitrogens with zero attached hydrogens (tertiary/aromatic N) is 1. The van der Waals surface area contributed by atoms with E-state index in [1.165, 1.54) is 4.88 Å². The van der Waals surface area contributed by atoms with Crippen LogP contribution in [0.15, 0.2) is 24.3 Å². The van der Waals surface area contributed by atoms with E-state index in [-0.39, 0.29) is 0 Å². The van der Waals surface area contributed by atoms with Crippen LogP contribution >= 0.6 is 22.9 Å². The van der Waals surface area contributed by atoms with Gasteiger partial charge in [0.05, 0.1) is 11.2 Å². The van der Waals surface area contributed by atoms with Gasteiger partial charge in [0.1, 0.15) is 5.01 Å². The number of halogens is 1. The molecule has 0 radical (unpaired) electrons. The molecule has 90 valence electrons. The van der Waals surface area contributed by atoms with Gasteiger partial charge in [-0.25, -0.2) is 4.98 Å². The molecule has 0 saturated heterocycles. The lowest BCUT2D eigenvalue weighted by molar-refractivity contribution is 0.551. The van der Waals surface area contributed by atoms with Crippen molar-refractivity contribution in [2.24, 2.45) is 5.73 Å². The number of nitrogens with two attached hydrogens (primary N) is 1. The third kappa shape index (κ3) is 2.68. The van der Waals surface area contributed by atoms with Gasteiger partial charge in [-0.2, -0.15) is 0 Å². The number of hydrogen-bond donors (Lipinski definition) is 1. The van der Waals surface area contributed by atoms with Gasteiger partial charge in [0.15, 0.2) is 0 Å². The SMILES string of the molecule is Cc1sc(C(C)(C)N)nc1-c1cccc(Cl)c1. The molecule has 0 bridgehead atoms. The lowest BCUT2D eigenvalue weighted by Crippen LogP contribution is -2.28. The van der Waals surface area contributed by atoms with Crippen LogP contribution in [0.5, 0.6) is 0 Å². The van der Waals surface area contributed by atoms with Crippen molar-refractivity contribution in [3.8, 4) is 11.3 Å². The van der Waals surface area contributed by atoms with E-state index in [9.17, 15) is 0 Å². The zero-order valence-corrected chi connectivity index (χ0v) is 11.7. The van der Waals surface area contributed by atoms with Crippen LogP contribution in [0.2, 0.25) is 5.02 Å². The van der Waals surface area contributed by atoms with E-state index in [4.69, 9.17) is 17.3 Å². The van der Waals surface area contributed by atoms with Crippen molar-refractivity contribution in [2.45, 2.75) is 26.3 Å². The molecule has 17 heavy (non-hydrogen) atoms. The fourth-order valence-corrected chi connectivity index (χ4v) is 2.72. The molecule has 2 nitrogen and oxygen atoms in total. The summed E-state index contributed by atoms with van der Waals surface area (Å²) in [6, 6.07) is 7.74. The van der Waals surface area contributed by atoms with Gasteiger partial charge >= 0.3 is 0 Å². The van der Waals surface area contributed by atoms with Crippen LogP contribution in [-0.4, -0.2) is 4.98 Å². The highest BCUT2D eigenvalue weighted by atomic mass is 35.5. The Morgan fingerprint density at radius 3 is 2.59 bits per heavy atom. The van der Waals surface area contributed by atoms with E-state index in [1.807, 2.05) is 38.1 Å². The van der Waals surface area contributed by atoms with Crippen LogP contribution in [-0.2, 0) is 5.54 Å². The fraction of sp³-hybridized carbons (Fsp3) is 0.308. The predicted molar refractivity (Wildman–Crippen MR) is 74.5 cm³/mol. The van der Waals surface area contributed by atoms with E-state index < -0.39 is 5.54 Å². The first-order chi connectivity index (χ1) is 7.88. The van der Waals surface area contributed by atoms with Gasteiger partial charge < -0.3 is 5.73 Å². The van der Waals surface area contributed by atoms with E-state index in [1.54, 1.807) is 11.3 Å². The molecule has 0 amide bonds. The second kappa shape index (κ2) is 4.41. The van der Waals surface area contributed by atoms with Crippen LogP contribution in [0.4, 0.5) is 0 Å². The highest BCUT2D eigenvalue weighted by Crippen LogP contribution is 2.32. The van der Waals surface area contributed by atoms with Crippen molar-refractivity contribution in [2.75, 3.05) is 0 Å². The molecule has 2 N–H and O–H groups in total. The molecule has 1 aromatic heterocycles. The number of aromatic nitrogens is 1. The van der Waals surface area contributed by atoms with Gasteiger partial charge in [-0.05, 0) is 32.9 Å². The van der Waals surface area contributed by atoms with Crippen molar-refractivity contribution >= 4 is 22.9 Å². The Balaban J connectivity index is 2.50. The Morgan fingerprint density at radius 1 is 1.35 bits per heavy atom. The number of aryl methyl sites for hydroxylation is 1. The minimum atomic E-state index is -0.397. The smallest absolute Gasteiger partial charge is 0.113 e. The number of hydrogen-bond acceptors (Lipinski definition) is 3. The van der Waals surface area contributed by atoms with Crippen LogP contribution in [0, 0.1) is 6.92 Å². The lowest BCUT2D eigenvalue weighted by atomic mass is 10.1. The summed E-state index contributed by atoms with van der Waals surface area (Å²) in [7, 11) is 0. The van der Waals surface area contributed by atoms with Crippen molar-refractivity contribution < 1.29 is 0 Å². The van der Waals surface area contributed by atoms with Gasteiger partial charge in [-0.15, -0.1) is 11.3 Å². The molecular weight excluding hydrogens is 252 g/mol. The summed E-state index contributed by atoms with van der Waals surface area (Å²) in [5.74, 6) is 0. The molecule has 0 unspecified atom stereocenters. The van der Waals surface area contributed by atoms with E-state index in [0.717, 1.165) is 21.3 Å². The molecule has 2 aromatic rings. The summed E-state index contributed by atoms with van der Waals surface area (Å²) in [4.78, 5) is 5.79. The van der Waals surface area contributed by atoms with E-state index in [2.05, 4.69) is 11.9 Å². The number of thiazole rings is 1. The molecule has 0 saturated carbocycles. The summed E-state index contributed by atoms with van der Waals surface area (Å²) in [6.07, 6.45) is 0. The standard InChI is InChI=1S/C13H15ClN2S/c1-8-11(9-5-4-6-10(14)7-9)16-12(17-8)13(2,3)15/h4-7H,15H2,1-3H3. The van der Waals surface area contributed by atoms with Crippen LogP contribution in [0.1, 0.15) is 23.7 Å². The van der Waals surface area contributed by atoms with Crippen molar-refractivity contribution in [3.05, 3.63) is 39.2 Å². The highest BCUT2D eigenvalue weighted by Gasteiger charge is 2.21. The summed E-state index contributed by atoms with van der Waals surface area (Å²) in [5.41, 5.74) is 7.69. The summed E-state index contributed by atoms with van der Waals surface area (Å²) < 4.78 is 0. The Bertz CT molecular complexity index is 541. The maximum absolute atomic E-state index is 6.07. The molecule has 4 heteroatoms. The largest absolute Gasteiger partial charge is 0.320 e. The first kappa shape index (κ1) is 12.6. The van der Waals surface area contributed by atoms with Gasteiger partial charge in [-0.1, -0.05) is 23.7 Å². The Kier molecular flexibility index (Phi) is 3.25. The van der Waals surface area contributed by atoms with E-state index in [0.29, 0.717) is 0 Å². The monoisotopic (exact) mass is 266 g/mol. The van der Waals surface area contributed by atoms with Gasteiger partial charge in [-0.3, -0.25) is 0 Å². The van der Waals surface area contributed by atoms with Crippen LogP contribution < -0.4 is 5.73 Å². The molecular formula is C13H15ClN2S. The predicted octanol–water partition coefficient (Wildman–Crippen LogP) is 3.97. The molecule has 0 spiro atoms. The highest BCUT2D eigenvalue weighted by molar-refractivity contribution is 7.12. The Morgan fingerprint density at radius 2 is 2.06 bits per heavy atom. The van der Waals surface area contributed by atoms with Crippen LogP contribution in [0.25, 0.3) is 11.3 Å². The summed E-state index contributed by atoms with van der Waals surface area (Å²) >= 11 is 7.64. The molecule has 0 atom stereocenters. The molecule has 1 heterocycles. The zero-order chi connectivity index (χ0) is 12.6. The maximum Gasteiger partial charge on any atom is 0.113 e. The average molecular weight is 267 g/mol. The molecule has 2 rings (SSSR count). The first-order valence-electron chi connectivity index (χ1n) is 5.40. The topological polar surface area (TPSA) is 38.9 Å². The van der Waals surface area contributed by atoms with Crippen molar-refractivity contribution in [3.63, 3.8) is 0 Å². The molecule has 1 aromatic carbocycles. The third-order valence-electron chi connectivity index (χ3n) is 2.45. The van der Waals surface area contributed by atoms with Crippen molar-refractivity contribution in [1.82, 2.24) is 4.98 Å². The quantitative estimate of drug-likeness (QED) is 0.893. The lowest BCUT2D eigenvalue weighted by Gasteiger charge is -2.13. The molecule has 0 aliphatic carbocycles. The van der Waals surface area contributed by atoms with Crippen molar-refractivity contribution in [1.29, 1.82) is 0 Å². The minimum absolute atomic E-state index is 0.397. The number of rotatable bonds is 2. The maximum atomic E-state index is 6.07. The Labute approximate surface area is 110 Å². The molecule has 0 aliphatic heterocycles. The normalized spacial score (nSPS) is 11.8. The Hall–Kier alpha value is -0.900.